The van der Waals surface area contributed by atoms with Gasteiger partial charge in [0.1, 0.15) is 0 Å². The molecule has 0 spiro atoms. The first-order chi connectivity index (χ1) is 11.6. The van der Waals surface area contributed by atoms with Gasteiger partial charge in [0.15, 0.2) is 20.0 Å². The number of nitrogens with zero attached hydrogens (tertiary/aromatic N) is 2. The van der Waals surface area contributed by atoms with Crippen molar-refractivity contribution < 1.29 is 47.7 Å². The standard InChI is InChI=1S/C9H21ClNSi.C2F6NO4S2/c1-11(9-12(2,3)10)7-5-4-6-8-11;3-1(4,5)14(10,11)9-15(12,13)2(6,7)8/h4-9H2,1-3H3;/q+1;-1. The van der Waals surface area contributed by atoms with Gasteiger partial charge in [0, 0.05) is 0 Å². The highest BCUT2D eigenvalue weighted by Gasteiger charge is 2.46. The smallest absolute Gasteiger partial charge is 0.421 e. The molecular weight excluding hydrogens is 466 g/mol. The first-order valence-electron chi connectivity index (χ1n) is 7.51. The van der Waals surface area contributed by atoms with E-state index in [-0.39, 0.29) is 0 Å². The van der Waals surface area contributed by atoms with Crippen LogP contribution in [-0.4, -0.2) is 66.0 Å². The van der Waals surface area contributed by atoms with Crippen LogP contribution in [0, 0.1) is 0 Å². The zero-order chi connectivity index (χ0) is 21.9. The zero-order valence-electron chi connectivity index (χ0n) is 14.7. The Morgan fingerprint density at radius 2 is 1.22 bits per heavy atom. The number of piperidine rings is 1. The van der Waals surface area contributed by atoms with E-state index in [9.17, 15) is 43.2 Å². The van der Waals surface area contributed by atoms with Crippen molar-refractivity contribution in [3.8, 4) is 0 Å². The Hall–Kier alpha value is -0.0931. The van der Waals surface area contributed by atoms with Crippen molar-refractivity contribution in [1.82, 2.24) is 0 Å². The third-order valence-corrected chi connectivity index (χ3v) is 8.05. The molecule has 1 aliphatic rings. The van der Waals surface area contributed by atoms with Crippen molar-refractivity contribution in [1.29, 1.82) is 0 Å². The lowest BCUT2D eigenvalue weighted by atomic mass is 10.1. The average Bonchev–Trinajstić information content (AvgIpc) is 2.33. The molecule has 0 saturated carbocycles. The molecule has 0 bridgehead atoms. The molecule has 0 aromatic heterocycles. The third-order valence-electron chi connectivity index (χ3n) is 3.43. The maximum atomic E-state index is 11.4. The van der Waals surface area contributed by atoms with Gasteiger partial charge >= 0.3 is 11.0 Å². The lowest BCUT2D eigenvalue weighted by Gasteiger charge is -2.40. The molecule has 1 fully saturated rings. The molecule has 6 nitrogen and oxygen atoms in total. The molecule has 0 aromatic carbocycles. The molecule has 1 saturated heterocycles. The summed E-state index contributed by atoms with van der Waals surface area (Å²) in [4.78, 5) is 0. The van der Waals surface area contributed by atoms with Gasteiger partial charge in [-0.15, -0.1) is 0 Å². The van der Waals surface area contributed by atoms with Gasteiger partial charge in [0.2, 0.25) is 7.38 Å². The Labute approximate surface area is 160 Å². The quantitative estimate of drug-likeness (QED) is 0.263. The lowest BCUT2D eigenvalue weighted by molar-refractivity contribution is -0.904. The number of rotatable bonds is 4. The van der Waals surface area contributed by atoms with Crippen LogP contribution in [0.1, 0.15) is 19.3 Å². The predicted octanol–water partition coefficient (Wildman–Crippen LogP) is 3.66. The van der Waals surface area contributed by atoms with Crippen molar-refractivity contribution in [3.05, 3.63) is 4.13 Å². The van der Waals surface area contributed by atoms with Crippen LogP contribution in [0.5, 0.6) is 0 Å². The summed E-state index contributed by atoms with van der Waals surface area (Å²) in [6.07, 6.45) is 5.47. The number of hydrogen-bond acceptors (Lipinski definition) is 4. The van der Waals surface area contributed by atoms with E-state index in [2.05, 4.69) is 20.1 Å². The van der Waals surface area contributed by atoms with E-state index in [1.54, 1.807) is 0 Å². The molecule has 27 heavy (non-hydrogen) atoms. The first-order valence-corrected chi connectivity index (χ1v) is 14.6. The number of likely N-dealkylation sites (tertiary alicyclic amines) is 1. The van der Waals surface area contributed by atoms with E-state index >= 15 is 0 Å². The third kappa shape index (κ3) is 9.30. The Kier molecular flexibility index (Phi) is 8.70. The molecule has 1 heterocycles. The molecule has 0 amide bonds. The minimum Gasteiger partial charge on any atom is -0.421 e. The Morgan fingerprint density at radius 1 is 0.889 bits per heavy atom. The molecule has 0 radical (unpaired) electrons. The van der Waals surface area contributed by atoms with Crippen LogP contribution in [0.2, 0.25) is 13.1 Å². The maximum absolute atomic E-state index is 11.4. The maximum Gasteiger partial charge on any atom is 0.480 e. The van der Waals surface area contributed by atoms with Crippen molar-refractivity contribution in [3.63, 3.8) is 0 Å². The summed E-state index contributed by atoms with van der Waals surface area (Å²) in [7, 11) is -12.4. The van der Waals surface area contributed by atoms with Gasteiger partial charge in [-0.3, -0.25) is 0 Å². The van der Waals surface area contributed by atoms with Crippen molar-refractivity contribution in [2.45, 2.75) is 43.4 Å². The second-order valence-corrected chi connectivity index (χ2v) is 17.2. The van der Waals surface area contributed by atoms with Gasteiger partial charge in [-0.25, -0.2) is 16.8 Å². The summed E-state index contributed by atoms with van der Waals surface area (Å²) in [5.41, 5.74) is -12.4. The normalized spacial score (nSPS) is 19.2. The minimum absolute atomic E-state index is 0.778. The van der Waals surface area contributed by atoms with E-state index in [1.165, 1.54) is 43.0 Å². The lowest BCUT2D eigenvalue weighted by Crippen LogP contribution is -2.54. The Morgan fingerprint density at radius 3 is 1.48 bits per heavy atom. The van der Waals surface area contributed by atoms with Crippen molar-refractivity contribution in [2.24, 2.45) is 0 Å². The molecule has 0 aliphatic carbocycles. The van der Waals surface area contributed by atoms with Gasteiger partial charge in [0.25, 0.3) is 0 Å². The SMILES string of the molecule is C[N+]1(C[Si](C)(C)Cl)CCCCC1.O=S(=O)([N-]S(=O)(=O)C(F)(F)F)C(F)(F)F. The van der Waals surface area contributed by atoms with Crippen LogP contribution in [0.15, 0.2) is 0 Å². The zero-order valence-corrected chi connectivity index (χ0v) is 18.1. The first kappa shape index (κ1) is 26.9. The van der Waals surface area contributed by atoms with Gasteiger partial charge in [-0.2, -0.15) is 37.4 Å². The highest BCUT2D eigenvalue weighted by molar-refractivity contribution is 8.13. The van der Waals surface area contributed by atoms with Gasteiger partial charge in [-0.1, -0.05) is 13.1 Å². The highest BCUT2D eigenvalue weighted by Crippen LogP contribution is 2.36. The van der Waals surface area contributed by atoms with Gasteiger partial charge in [0.05, 0.1) is 26.3 Å². The van der Waals surface area contributed by atoms with E-state index in [1.807, 2.05) is 0 Å². The molecule has 16 heteroatoms. The number of halogens is 7. The number of sulfonamides is 2. The van der Waals surface area contributed by atoms with E-state index in [0.29, 0.717) is 0 Å². The fourth-order valence-electron chi connectivity index (χ4n) is 2.56. The van der Waals surface area contributed by atoms with Crippen LogP contribution >= 0.6 is 11.1 Å². The topological polar surface area (TPSA) is 82.4 Å². The molecule has 0 unspecified atom stereocenters. The summed E-state index contributed by atoms with van der Waals surface area (Å²) in [5, 5.41) is 0. The van der Waals surface area contributed by atoms with Gasteiger partial charge < -0.3 is 8.61 Å². The van der Waals surface area contributed by atoms with E-state index in [4.69, 9.17) is 11.1 Å². The van der Waals surface area contributed by atoms with Crippen LogP contribution < -0.4 is 0 Å². The second kappa shape index (κ2) is 8.73. The summed E-state index contributed by atoms with van der Waals surface area (Å²) < 4.78 is 110. The monoisotopic (exact) mass is 486 g/mol. The van der Waals surface area contributed by atoms with Crippen LogP contribution in [-0.2, 0) is 20.0 Å². The van der Waals surface area contributed by atoms with Crippen molar-refractivity contribution in [2.75, 3.05) is 26.3 Å². The molecule has 1 rings (SSSR count). The molecule has 1 aliphatic heterocycles. The van der Waals surface area contributed by atoms with Crippen LogP contribution in [0.3, 0.4) is 0 Å². The second-order valence-electron chi connectivity index (χ2n) is 6.92. The number of hydrogen-bond donors (Lipinski definition) is 0. The summed E-state index contributed by atoms with van der Waals surface area (Å²) in [5.74, 6) is 0. The molecule has 0 N–H and O–H groups in total. The molecule has 0 aromatic rings. The number of quaternary nitrogens is 1. The number of alkyl halides is 6. The highest BCUT2D eigenvalue weighted by atomic mass is 35.6. The molecule has 164 valence electrons. The Balaban J connectivity index is 0.000000511. The molecule has 0 atom stereocenters. The summed E-state index contributed by atoms with van der Waals surface area (Å²) in [6, 6.07) is 0. The summed E-state index contributed by atoms with van der Waals surface area (Å²) in [6.45, 7) is 7.21. The van der Waals surface area contributed by atoms with Gasteiger partial charge in [-0.05, 0) is 19.3 Å². The van der Waals surface area contributed by atoms with Crippen LogP contribution in [0.25, 0.3) is 4.13 Å². The fourth-order valence-corrected chi connectivity index (χ4v) is 7.26. The molecular formula is C11H21ClF6N2O4S2Si. The van der Waals surface area contributed by atoms with Crippen LogP contribution in [0.4, 0.5) is 26.3 Å². The average molecular weight is 487 g/mol. The van der Waals surface area contributed by atoms with Crippen molar-refractivity contribution >= 4 is 38.5 Å². The minimum atomic E-state index is -6.72. The van der Waals surface area contributed by atoms with E-state index in [0.717, 1.165) is 4.13 Å². The summed E-state index contributed by atoms with van der Waals surface area (Å²) >= 11 is 6.38. The van der Waals surface area contributed by atoms with E-state index < -0.39 is 38.4 Å². The Bertz CT molecular complexity index is 656. The fraction of sp³-hybridized carbons (Fsp3) is 1.00. The predicted molar refractivity (Wildman–Crippen MR) is 91.3 cm³/mol. The largest absolute Gasteiger partial charge is 0.480 e.